The molecule has 0 spiro atoms. The molecule has 0 atom stereocenters. The maximum Gasteiger partial charge on any atom is 0.183 e. The quantitative estimate of drug-likeness (QED) is 0.718. The number of pyridine rings is 1. The van der Waals surface area contributed by atoms with Crippen molar-refractivity contribution in [2.45, 2.75) is 0 Å². The molecule has 0 bridgehead atoms. The molecule has 0 radical (unpaired) electrons. The van der Waals surface area contributed by atoms with Gasteiger partial charge in [0.2, 0.25) is 0 Å². The first kappa shape index (κ1) is 10.5. The van der Waals surface area contributed by atoms with Crippen molar-refractivity contribution in [3.05, 3.63) is 48.8 Å². The van der Waals surface area contributed by atoms with Gasteiger partial charge in [0, 0.05) is 23.5 Å². The van der Waals surface area contributed by atoms with Crippen LogP contribution >= 0.6 is 0 Å². The van der Waals surface area contributed by atoms with E-state index in [0.717, 1.165) is 11.1 Å². The molecular weight excluding hydrogens is 228 g/mol. The van der Waals surface area contributed by atoms with Crippen LogP contribution in [0.15, 0.2) is 48.8 Å². The highest BCUT2D eigenvalue weighted by atomic mass is 16.3. The Bertz CT molecular complexity index is 646. The molecular formula is C13H10N4O. The number of benzene rings is 1. The summed E-state index contributed by atoms with van der Waals surface area (Å²) in [5.41, 5.74) is 1.73. The molecule has 0 fully saturated rings. The van der Waals surface area contributed by atoms with Crippen molar-refractivity contribution in [2.24, 2.45) is 0 Å². The maximum absolute atomic E-state index is 9.23. The van der Waals surface area contributed by atoms with Crippen LogP contribution in [0.25, 0.3) is 22.8 Å². The molecule has 18 heavy (non-hydrogen) atoms. The second-order valence-electron chi connectivity index (χ2n) is 3.80. The molecule has 0 unspecified atom stereocenters. The summed E-state index contributed by atoms with van der Waals surface area (Å²) in [6.45, 7) is 0. The van der Waals surface area contributed by atoms with Gasteiger partial charge in [-0.05, 0) is 36.4 Å². The molecule has 0 saturated carbocycles. The minimum atomic E-state index is 0.228. The van der Waals surface area contributed by atoms with Crippen molar-refractivity contribution in [1.82, 2.24) is 20.2 Å². The van der Waals surface area contributed by atoms with E-state index in [1.165, 1.54) is 0 Å². The number of hydrogen-bond donors (Lipinski definition) is 2. The number of aromatic hydroxyl groups is 1. The molecule has 2 N–H and O–H groups in total. The Morgan fingerprint density at radius 1 is 1.00 bits per heavy atom. The van der Waals surface area contributed by atoms with E-state index >= 15 is 0 Å². The summed E-state index contributed by atoms with van der Waals surface area (Å²) in [6, 6.07) is 10.5. The zero-order valence-electron chi connectivity index (χ0n) is 9.41. The molecule has 0 saturated heterocycles. The topological polar surface area (TPSA) is 74.7 Å². The molecule has 0 aliphatic carbocycles. The van der Waals surface area contributed by atoms with Gasteiger partial charge in [-0.1, -0.05) is 0 Å². The highest BCUT2D eigenvalue weighted by Gasteiger charge is 2.07. The van der Waals surface area contributed by atoms with Crippen LogP contribution < -0.4 is 0 Å². The molecule has 1 aromatic carbocycles. The zero-order valence-corrected chi connectivity index (χ0v) is 9.41. The molecule has 88 valence electrons. The number of aromatic nitrogens is 4. The van der Waals surface area contributed by atoms with E-state index in [1.807, 2.05) is 12.1 Å². The minimum Gasteiger partial charge on any atom is -0.508 e. The first-order chi connectivity index (χ1) is 8.83. The Morgan fingerprint density at radius 2 is 1.83 bits per heavy atom. The monoisotopic (exact) mass is 238 g/mol. The molecule has 3 aromatic rings. The Labute approximate surface area is 103 Å². The predicted octanol–water partition coefficient (Wildman–Crippen LogP) is 2.24. The number of hydrogen-bond acceptors (Lipinski definition) is 4. The van der Waals surface area contributed by atoms with Gasteiger partial charge in [-0.3, -0.25) is 10.1 Å². The second kappa shape index (κ2) is 4.29. The average Bonchev–Trinajstić information content (AvgIpc) is 2.90. The molecule has 5 nitrogen and oxygen atoms in total. The maximum atomic E-state index is 9.23. The van der Waals surface area contributed by atoms with Crippen molar-refractivity contribution >= 4 is 0 Å². The standard InChI is InChI=1S/C13H10N4O/c18-11-5-3-9(4-6-11)12-15-13(17-16-12)10-2-1-7-14-8-10/h1-8,18H,(H,15,16,17). The van der Waals surface area contributed by atoms with Gasteiger partial charge in [-0.2, -0.15) is 5.10 Å². The van der Waals surface area contributed by atoms with Crippen molar-refractivity contribution in [3.8, 4) is 28.5 Å². The summed E-state index contributed by atoms with van der Waals surface area (Å²) in [7, 11) is 0. The van der Waals surface area contributed by atoms with Gasteiger partial charge >= 0.3 is 0 Å². The smallest absolute Gasteiger partial charge is 0.183 e. The van der Waals surface area contributed by atoms with Crippen molar-refractivity contribution in [3.63, 3.8) is 0 Å². The van der Waals surface area contributed by atoms with E-state index in [4.69, 9.17) is 0 Å². The molecule has 2 heterocycles. The number of phenols is 1. The molecule has 5 heteroatoms. The second-order valence-corrected chi connectivity index (χ2v) is 3.80. The molecule has 2 aromatic heterocycles. The molecule has 0 aliphatic rings. The lowest BCUT2D eigenvalue weighted by Crippen LogP contribution is -1.81. The highest BCUT2D eigenvalue weighted by molar-refractivity contribution is 5.60. The SMILES string of the molecule is Oc1ccc(-c2nc(-c3cccnc3)n[nH]2)cc1. The summed E-state index contributed by atoms with van der Waals surface area (Å²) in [6.07, 6.45) is 3.42. The summed E-state index contributed by atoms with van der Waals surface area (Å²) >= 11 is 0. The van der Waals surface area contributed by atoms with Crippen LogP contribution in [0, 0.1) is 0 Å². The third kappa shape index (κ3) is 1.93. The fraction of sp³-hybridized carbons (Fsp3) is 0. The third-order valence-corrected chi connectivity index (χ3v) is 2.55. The van der Waals surface area contributed by atoms with Gasteiger partial charge in [0.1, 0.15) is 5.75 Å². The minimum absolute atomic E-state index is 0.228. The fourth-order valence-corrected chi connectivity index (χ4v) is 1.63. The van der Waals surface area contributed by atoms with E-state index in [2.05, 4.69) is 20.2 Å². The molecule has 3 rings (SSSR count). The molecule has 0 amide bonds. The summed E-state index contributed by atoms with van der Waals surface area (Å²) in [5, 5.41) is 16.2. The lowest BCUT2D eigenvalue weighted by molar-refractivity contribution is 0.475. The third-order valence-electron chi connectivity index (χ3n) is 2.55. The normalized spacial score (nSPS) is 10.4. The molecule has 0 aliphatic heterocycles. The average molecular weight is 238 g/mol. The lowest BCUT2D eigenvalue weighted by atomic mass is 10.2. The Morgan fingerprint density at radius 3 is 2.56 bits per heavy atom. The summed E-state index contributed by atoms with van der Waals surface area (Å²) < 4.78 is 0. The van der Waals surface area contributed by atoms with Crippen LogP contribution in [0.2, 0.25) is 0 Å². The number of phenolic OH excluding ortho intramolecular Hbond substituents is 1. The van der Waals surface area contributed by atoms with Crippen molar-refractivity contribution < 1.29 is 5.11 Å². The zero-order chi connectivity index (χ0) is 12.4. The van der Waals surface area contributed by atoms with Crippen molar-refractivity contribution in [1.29, 1.82) is 0 Å². The van der Waals surface area contributed by atoms with Crippen LogP contribution in [0.1, 0.15) is 0 Å². The predicted molar refractivity (Wildman–Crippen MR) is 66.7 cm³/mol. The van der Waals surface area contributed by atoms with Gasteiger partial charge < -0.3 is 5.11 Å². The van der Waals surface area contributed by atoms with Crippen LogP contribution in [0.4, 0.5) is 0 Å². The van der Waals surface area contributed by atoms with Gasteiger partial charge in [-0.15, -0.1) is 0 Å². The van der Waals surface area contributed by atoms with Gasteiger partial charge in [0.25, 0.3) is 0 Å². The number of nitrogens with zero attached hydrogens (tertiary/aromatic N) is 3. The first-order valence-corrected chi connectivity index (χ1v) is 5.45. The van der Waals surface area contributed by atoms with Gasteiger partial charge in [0.05, 0.1) is 0 Å². The van der Waals surface area contributed by atoms with Crippen LogP contribution in [-0.2, 0) is 0 Å². The fourth-order valence-electron chi connectivity index (χ4n) is 1.63. The van der Waals surface area contributed by atoms with E-state index in [1.54, 1.807) is 36.7 Å². The van der Waals surface area contributed by atoms with E-state index in [-0.39, 0.29) is 5.75 Å². The number of rotatable bonds is 2. The summed E-state index contributed by atoms with van der Waals surface area (Å²) in [4.78, 5) is 8.42. The Balaban J connectivity index is 1.97. The van der Waals surface area contributed by atoms with Crippen molar-refractivity contribution in [2.75, 3.05) is 0 Å². The van der Waals surface area contributed by atoms with E-state index < -0.39 is 0 Å². The Hall–Kier alpha value is -2.69. The Kier molecular flexibility index (Phi) is 2.49. The van der Waals surface area contributed by atoms with Crippen LogP contribution in [-0.4, -0.2) is 25.3 Å². The number of aromatic amines is 1. The first-order valence-electron chi connectivity index (χ1n) is 5.45. The van der Waals surface area contributed by atoms with E-state index in [9.17, 15) is 5.11 Å². The van der Waals surface area contributed by atoms with Gasteiger partial charge in [-0.25, -0.2) is 4.98 Å². The number of nitrogens with one attached hydrogen (secondary N) is 1. The number of H-pyrrole nitrogens is 1. The van der Waals surface area contributed by atoms with Crippen LogP contribution in [0.5, 0.6) is 5.75 Å². The highest BCUT2D eigenvalue weighted by Crippen LogP contribution is 2.21. The van der Waals surface area contributed by atoms with Crippen LogP contribution in [0.3, 0.4) is 0 Å². The van der Waals surface area contributed by atoms with Gasteiger partial charge in [0.15, 0.2) is 11.6 Å². The van der Waals surface area contributed by atoms with E-state index in [0.29, 0.717) is 11.6 Å². The lowest BCUT2D eigenvalue weighted by Gasteiger charge is -1.95. The summed E-state index contributed by atoms with van der Waals surface area (Å²) in [5.74, 6) is 1.49. The largest absolute Gasteiger partial charge is 0.508 e.